The number of hydrogen-bond acceptors (Lipinski definition) is 3. The van der Waals surface area contributed by atoms with E-state index in [2.05, 4.69) is 5.32 Å². The normalized spacial score (nSPS) is 15.6. The topological polar surface area (TPSA) is 58.6 Å². The fourth-order valence-electron chi connectivity index (χ4n) is 3.65. The Kier molecular flexibility index (Phi) is 7.28. The van der Waals surface area contributed by atoms with Crippen molar-refractivity contribution in [2.75, 3.05) is 13.1 Å². The Labute approximate surface area is 173 Å². The van der Waals surface area contributed by atoms with Gasteiger partial charge in [-0.05, 0) is 56.4 Å². The molecule has 3 rings (SSSR count). The number of piperidine rings is 1. The van der Waals surface area contributed by atoms with Crippen LogP contribution in [0.4, 0.5) is 0 Å². The molecule has 2 amide bonds. The zero-order valence-electron chi connectivity index (χ0n) is 17.3. The van der Waals surface area contributed by atoms with Gasteiger partial charge in [-0.15, -0.1) is 0 Å². The van der Waals surface area contributed by atoms with Crippen LogP contribution in [0, 0.1) is 6.92 Å². The smallest absolute Gasteiger partial charge is 0.263 e. The van der Waals surface area contributed by atoms with Crippen molar-refractivity contribution in [3.05, 3.63) is 65.7 Å². The Balaban J connectivity index is 1.40. The SMILES string of the molecule is Cc1cccc(OC(C)C(=O)N2CCC(NC(=O)CCc3ccccc3)CC2)c1. The third-order valence-electron chi connectivity index (χ3n) is 5.31. The summed E-state index contributed by atoms with van der Waals surface area (Å²) in [5, 5.41) is 3.12. The maximum Gasteiger partial charge on any atom is 0.263 e. The molecular formula is C24H30N2O3. The van der Waals surface area contributed by atoms with E-state index in [0.29, 0.717) is 25.3 Å². The first-order valence-electron chi connectivity index (χ1n) is 10.4. The average molecular weight is 395 g/mol. The molecule has 0 radical (unpaired) electrons. The Hall–Kier alpha value is -2.82. The molecule has 1 heterocycles. The monoisotopic (exact) mass is 394 g/mol. The third-order valence-corrected chi connectivity index (χ3v) is 5.31. The Morgan fingerprint density at radius 1 is 1.10 bits per heavy atom. The van der Waals surface area contributed by atoms with Crippen LogP contribution in [0.15, 0.2) is 54.6 Å². The van der Waals surface area contributed by atoms with Gasteiger partial charge in [-0.3, -0.25) is 9.59 Å². The van der Waals surface area contributed by atoms with Crippen LogP contribution >= 0.6 is 0 Å². The van der Waals surface area contributed by atoms with Crippen LogP contribution in [-0.2, 0) is 16.0 Å². The second-order valence-electron chi connectivity index (χ2n) is 7.73. The van der Waals surface area contributed by atoms with Crippen molar-refractivity contribution in [3.63, 3.8) is 0 Å². The summed E-state index contributed by atoms with van der Waals surface area (Å²) >= 11 is 0. The summed E-state index contributed by atoms with van der Waals surface area (Å²) in [6.45, 7) is 5.08. The lowest BCUT2D eigenvalue weighted by Crippen LogP contribution is -2.49. The molecule has 29 heavy (non-hydrogen) atoms. The predicted octanol–water partition coefficient (Wildman–Crippen LogP) is 3.50. The lowest BCUT2D eigenvalue weighted by molar-refractivity contribution is -0.139. The van der Waals surface area contributed by atoms with Gasteiger partial charge in [0.2, 0.25) is 5.91 Å². The molecule has 0 aromatic heterocycles. The fourth-order valence-corrected chi connectivity index (χ4v) is 3.65. The fraction of sp³-hybridized carbons (Fsp3) is 0.417. The molecule has 1 atom stereocenters. The molecule has 1 unspecified atom stereocenters. The highest BCUT2D eigenvalue weighted by Crippen LogP contribution is 2.17. The van der Waals surface area contributed by atoms with Gasteiger partial charge in [-0.1, -0.05) is 42.5 Å². The van der Waals surface area contributed by atoms with Crippen LogP contribution in [0.2, 0.25) is 0 Å². The summed E-state index contributed by atoms with van der Waals surface area (Å²) in [5.41, 5.74) is 2.27. The molecule has 5 heteroatoms. The molecule has 1 aliphatic heterocycles. The Morgan fingerprint density at radius 3 is 2.52 bits per heavy atom. The zero-order chi connectivity index (χ0) is 20.6. The first-order valence-corrected chi connectivity index (χ1v) is 10.4. The minimum Gasteiger partial charge on any atom is -0.481 e. The molecule has 1 fully saturated rings. The van der Waals surface area contributed by atoms with Crippen molar-refractivity contribution in [3.8, 4) is 5.75 Å². The van der Waals surface area contributed by atoms with Crippen LogP contribution < -0.4 is 10.1 Å². The minimum atomic E-state index is -0.520. The summed E-state index contributed by atoms with van der Waals surface area (Å²) in [5.74, 6) is 0.793. The maximum atomic E-state index is 12.7. The molecule has 1 N–H and O–H groups in total. The van der Waals surface area contributed by atoms with E-state index in [1.807, 2.05) is 66.4 Å². The molecule has 0 spiro atoms. The second-order valence-corrected chi connectivity index (χ2v) is 7.73. The number of rotatable bonds is 7. The lowest BCUT2D eigenvalue weighted by Gasteiger charge is -2.34. The molecule has 2 aromatic carbocycles. The quantitative estimate of drug-likeness (QED) is 0.782. The van der Waals surface area contributed by atoms with E-state index in [9.17, 15) is 9.59 Å². The molecule has 1 saturated heterocycles. The highest BCUT2D eigenvalue weighted by Gasteiger charge is 2.27. The van der Waals surface area contributed by atoms with E-state index in [1.54, 1.807) is 6.92 Å². The highest BCUT2D eigenvalue weighted by molar-refractivity contribution is 5.81. The molecule has 154 valence electrons. The van der Waals surface area contributed by atoms with Crippen molar-refractivity contribution < 1.29 is 14.3 Å². The average Bonchev–Trinajstić information content (AvgIpc) is 2.73. The van der Waals surface area contributed by atoms with E-state index >= 15 is 0 Å². The maximum absolute atomic E-state index is 12.7. The number of ether oxygens (including phenoxy) is 1. The van der Waals surface area contributed by atoms with Gasteiger partial charge >= 0.3 is 0 Å². The van der Waals surface area contributed by atoms with Gasteiger partial charge in [0.15, 0.2) is 6.10 Å². The van der Waals surface area contributed by atoms with Gasteiger partial charge in [0.05, 0.1) is 0 Å². The van der Waals surface area contributed by atoms with E-state index < -0.39 is 6.10 Å². The first-order chi connectivity index (χ1) is 14.0. The summed E-state index contributed by atoms with van der Waals surface area (Å²) in [6.07, 6.45) is 2.27. The van der Waals surface area contributed by atoms with E-state index in [1.165, 1.54) is 5.56 Å². The lowest BCUT2D eigenvalue weighted by atomic mass is 10.0. The third kappa shape index (κ3) is 6.34. The summed E-state index contributed by atoms with van der Waals surface area (Å²) < 4.78 is 5.81. The van der Waals surface area contributed by atoms with Crippen LogP contribution in [0.3, 0.4) is 0 Å². The van der Waals surface area contributed by atoms with Crippen LogP contribution in [-0.4, -0.2) is 41.9 Å². The van der Waals surface area contributed by atoms with Crippen LogP contribution in [0.1, 0.15) is 37.3 Å². The number of hydrogen-bond donors (Lipinski definition) is 1. The van der Waals surface area contributed by atoms with E-state index in [4.69, 9.17) is 4.74 Å². The number of nitrogens with zero attached hydrogens (tertiary/aromatic N) is 1. The molecule has 1 aliphatic rings. The molecule has 0 bridgehead atoms. The number of nitrogens with one attached hydrogen (secondary N) is 1. The molecule has 0 aliphatic carbocycles. The second kappa shape index (κ2) is 10.1. The van der Waals surface area contributed by atoms with Gasteiger partial charge in [-0.2, -0.15) is 0 Å². The van der Waals surface area contributed by atoms with Crippen LogP contribution in [0.5, 0.6) is 5.75 Å². The van der Waals surface area contributed by atoms with Crippen molar-refractivity contribution in [2.24, 2.45) is 0 Å². The molecule has 2 aromatic rings. The largest absolute Gasteiger partial charge is 0.481 e. The van der Waals surface area contributed by atoms with Gasteiger partial charge in [0, 0.05) is 25.6 Å². The van der Waals surface area contributed by atoms with Gasteiger partial charge in [-0.25, -0.2) is 0 Å². The molecular weight excluding hydrogens is 364 g/mol. The number of carbonyl (C=O) groups excluding carboxylic acids is 2. The van der Waals surface area contributed by atoms with Crippen molar-refractivity contribution >= 4 is 11.8 Å². The Bertz CT molecular complexity index is 814. The minimum absolute atomic E-state index is 0.000334. The van der Waals surface area contributed by atoms with Crippen molar-refractivity contribution in [1.82, 2.24) is 10.2 Å². The van der Waals surface area contributed by atoms with Gasteiger partial charge in [0.1, 0.15) is 5.75 Å². The standard InChI is InChI=1S/C24H30N2O3/c1-18-7-6-10-22(17-18)29-19(2)24(28)26-15-13-21(14-16-26)25-23(27)12-11-20-8-4-3-5-9-20/h3-10,17,19,21H,11-16H2,1-2H3,(H,25,27). The summed E-state index contributed by atoms with van der Waals surface area (Å²) in [7, 11) is 0. The predicted molar refractivity (Wildman–Crippen MR) is 114 cm³/mol. The zero-order valence-corrected chi connectivity index (χ0v) is 17.3. The molecule has 0 saturated carbocycles. The number of aryl methyl sites for hydroxylation is 2. The first kappa shape index (κ1) is 20.9. The molecule has 5 nitrogen and oxygen atoms in total. The summed E-state index contributed by atoms with van der Waals surface area (Å²) in [4.78, 5) is 26.8. The number of likely N-dealkylation sites (tertiary alicyclic amines) is 1. The van der Waals surface area contributed by atoms with Gasteiger partial charge < -0.3 is 15.0 Å². The van der Waals surface area contributed by atoms with Crippen LogP contribution in [0.25, 0.3) is 0 Å². The van der Waals surface area contributed by atoms with Crippen molar-refractivity contribution in [1.29, 1.82) is 0 Å². The Morgan fingerprint density at radius 2 is 1.83 bits per heavy atom. The number of amides is 2. The van der Waals surface area contributed by atoms with E-state index in [-0.39, 0.29) is 17.9 Å². The number of benzene rings is 2. The van der Waals surface area contributed by atoms with Gasteiger partial charge in [0.25, 0.3) is 5.91 Å². The highest BCUT2D eigenvalue weighted by atomic mass is 16.5. The van der Waals surface area contributed by atoms with Crippen molar-refractivity contribution in [2.45, 2.75) is 51.7 Å². The number of carbonyl (C=O) groups is 2. The van der Waals surface area contributed by atoms with E-state index in [0.717, 1.165) is 24.8 Å². The summed E-state index contributed by atoms with van der Waals surface area (Å²) in [6, 6.07) is 17.9.